The zero-order valence-electron chi connectivity index (χ0n) is 14.9. The van der Waals surface area contributed by atoms with Crippen molar-refractivity contribution in [2.45, 2.75) is 37.5 Å². The van der Waals surface area contributed by atoms with Crippen LogP contribution in [0.4, 0.5) is 0 Å². The van der Waals surface area contributed by atoms with Crippen molar-refractivity contribution in [3.05, 3.63) is 36.0 Å². The third kappa shape index (κ3) is 4.45. The van der Waals surface area contributed by atoms with E-state index >= 15 is 0 Å². The summed E-state index contributed by atoms with van der Waals surface area (Å²) >= 11 is 1.17. The highest BCUT2D eigenvalue weighted by atomic mass is 32.2. The predicted molar refractivity (Wildman–Crippen MR) is 100 cm³/mol. The minimum absolute atomic E-state index is 0.0325. The zero-order chi connectivity index (χ0) is 19.4. The van der Waals surface area contributed by atoms with Gasteiger partial charge in [-0.3, -0.25) is 4.79 Å². The molecule has 0 aliphatic heterocycles. The number of para-hydroxylation sites is 1. The topological polar surface area (TPSA) is 126 Å². The number of hydrogen-bond acceptors (Lipinski definition) is 6. The second-order valence-corrected chi connectivity index (χ2v) is 7.25. The quantitative estimate of drug-likeness (QED) is 0.501. The highest BCUT2D eigenvalue weighted by Gasteiger charge is 2.22. The Kier molecular flexibility index (Phi) is 5.75. The molecule has 0 bridgehead atoms. The highest BCUT2D eigenvalue weighted by molar-refractivity contribution is 7.99. The molecule has 0 radical (unpaired) electrons. The Morgan fingerprint density at radius 2 is 2.11 bits per heavy atom. The Morgan fingerprint density at radius 3 is 2.85 bits per heavy atom. The fourth-order valence-corrected chi connectivity index (χ4v) is 3.51. The largest absolute Gasteiger partial charge is 0.480 e. The van der Waals surface area contributed by atoms with Gasteiger partial charge in [-0.05, 0) is 35.9 Å². The average Bonchev–Trinajstić information content (AvgIpc) is 3.26. The molecular weight excluding hydrogens is 368 g/mol. The number of aromatic amines is 1. The number of carbonyl (C=O) groups excluding carboxylic acids is 1. The molecule has 27 heavy (non-hydrogen) atoms. The van der Waals surface area contributed by atoms with Gasteiger partial charge >= 0.3 is 5.97 Å². The van der Waals surface area contributed by atoms with Crippen LogP contribution >= 0.6 is 11.8 Å². The number of aliphatic carboxylic acids is 1. The van der Waals surface area contributed by atoms with Crippen LogP contribution in [-0.4, -0.2) is 54.0 Å². The number of nitrogens with zero attached hydrogens (tertiary/aromatic N) is 4. The molecule has 1 aromatic carbocycles. The maximum Gasteiger partial charge on any atom is 0.326 e. The van der Waals surface area contributed by atoms with Gasteiger partial charge in [0.1, 0.15) is 6.04 Å². The van der Waals surface area contributed by atoms with E-state index in [0.717, 1.165) is 16.5 Å². The van der Waals surface area contributed by atoms with Crippen molar-refractivity contribution in [3.8, 4) is 0 Å². The number of carboxylic acids is 1. The normalized spacial score (nSPS) is 12.4. The summed E-state index contributed by atoms with van der Waals surface area (Å²) in [5, 5.41) is 24.9. The molecule has 1 atom stereocenters. The Balaban J connectivity index is 1.63. The summed E-state index contributed by atoms with van der Waals surface area (Å²) in [6.07, 6.45) is 1.97. The van der Waals surface area contributed by atoms with Gasteiger partial charge in [0.25, 0.3) is 0 Å². The minimum atomic E-state index is -1.08. The molecule has 1 amide bonds. The average molecular weight is 388 g/mol. The smallest absolute Gasteiger partial charge is 0.326 e. The molecule has 3 N–H and O–H groups in total. The van der Waals surface area contributed by atoms with Crippen LogP contribution in [0.3, 0.4) is 0 Å². The number of amides is 1. The molecule has 0 aliphatic rings. The van der Waals surface area contributed by atoms with Crippen molar-refractivity contribution in [1.29, 1.82) is 0 Å². The number of carbonyl (C=O) groups is 2. The van der Waals surface area contributed by atoms with Crippen molar-refractivity contribution in [2.75, 3.05) is 5.75 Å². The summed E-state index contributed by atoms with van der Waals surface area (Å²) in [6, 6.07) is 6.69. The molecular formula is C17H20N6O3S. The number of nitrogens with one attached hydrogen (secondary N) is 2. The molecule has 9 nitrogen and oxygen atoms in total. The molecule has 3 aromatic rings. The van der Waals surface area contributed by atoms with E-state index in [-0.39, 0.29) is 24.1 Å². The number of carboxylic acid groups (broad SMARTS) is 1. The molecule has 0 spiro atoms. The van der Waals surface area contributed by atoms with Crippen LogP contribution in [0.15, 0.2) is 35.6 Å². The lowest BCUT2D eigenvalue weighted by Crippen LogP contribution is -2.43. The third-order valence-corrected chi connectivity index (χ3v) is 4.95. The van der Waals surface area contributed by atoms with Gasteiger partial charge in [-0.15, -0.1) is 5.10 Å². The van der Waals surface area contributed by atoms with Gasteiger partial charge in [0.2, 0.25) is 11.1 Å². The first-order valence-corrected chi connectivity index (χ1v) is 9.42. The lowest BCUT2D eigenvalue weighted by Gasteiger charge is -2.14. The fourth-order valence-electron chi connectivity index (χ4n) is 2.69. The molecule has 142 valence electrons. The number of tetrazole rings is 1. The molecule has 0 unspecified atom stereocenters. The van der Waals surface area contributed by atoms with Gasteiger partial charge in [0.15, 0.2) is 0 Å². The summed E-state index contributed by atoms with van der Waals surface area (Å²) in [7, 11) is 0. The summed E-state index contributed by atoms with van der Waals surface area (Å²) in [5.41, 5.74) is 1.77. The maximum absolute atomic E-state index is 12.2. The number of H-pyrrole nitrogens is 1. The van der Waals surface area contributed by atoms with Crippen LogP contribution in [0, 0.1) is 0 Å². The summed E-state index contributed by atoms with van der Waals surface area (Å²) in [4.78, 5) is 27.0. The molecule has 0 saturated carbocycles. The van der Waals surface area contributed by atoms with Crippen LogP contribution in [0.2, 0.25) is 0 Å². The van der Waals surface area contributed by atoms with Gasteiger partial charge in [0, 0.05) is 23.5 Å². The number of thioether (sulfide) groups is 1. The van der Waals surface area contributed by atoms with E-state index in [2.05, 4.69) is 25.8 Å². The Bertz CT molecular complexity index is 951. The van der Waals surface area contributed by atoms with Crippen LogP contribution in [0.5, 0.6) is 0 Å². The first-order valence-electron chi connectivity index (χ1n) is 8.43. The Morgan fingerprint density at radius 1 is 1.33 bits per heavy atom. The van der Waals surface area contributed by atoms with E-state index in [9.17, 15) is 14.7 Å². The third-order valence-electron chi connectivity index (χ3n) is 4.02. The summed E-state index contributed by atoms with van der Waals surface area (Å²) < 4.78 is 1.61. The highest BCUT2D eigenvalue weighted by Crippen LogP contribution is 2.20. The number of hydrogen-bond donors (Lipinski definition) is 3. The van der Waals surface area contributed by atoms with Gasteiger partial charge in [-0.1, -0.05) is 30.0 Å². The number of aromatic nitrogens is 5. The van der Waals surface area contributed by atoms with Crippen molar-refractivity contribution < 1.29 is 14.7 Å². The second-order valence-electron chi connectivity index (χ2n) is 6.31. The molecule has 2 heterocycles. The van der Waals surface area contributed by atoms with Crippen molar-refractivity contribution >= 4 is 34.5 Å². The summed E-state index contributed by atoms with van der Waals surface area (Å²) in [6.45, 7) is 3.87. The molecule has 0 saturated heterocycles. The maximum atomic E-state index is 12.2. The zero-order valence-corrected chi connectivity index (χ0v) is 15.7. The molecule has 10 heteroatoms. The first kappa shape index (κ1) is 18.9. The van der Waals surface area contributed by atoms with E-state index in [1.54, 1.807) is 10.9 Å². The molecule has 3 rings (SSSR count). The molecule has 0 fully saturated rings. The fraction of sp³-hybridized carbons (Fsp3) is 0.353. The van der Waals surface area contributed by atoms with E-state index in [1.165, 1.54) is 11.8 Å². The van der Waals surface area contributed by atoms with Gasteiger partial charge in [-0.2, -0.15) is 0 Å². The van der Waals surface area contributed by atoms with Crippen molar-refractivity contribution in [3.63, 3.8) is 0 Å². The van der Waals surface area contributed by atoms with Crippen LogP contribution in [-0.2, 0) is 16.0 Å². The van der Waals surface area contributed by atoms with Crippen LogP contribution in [0.1, 0.15) is 25.5 Å². The predicted octanol–water partition coefficient (Wildman–Crippen LogP) is 1.64. The van der Waals surface area contributed by atoms with Gasteiger partial charge < -0.3 is 15.4 Å². The molecule has 2 aromatic heterocycles. The van der Waals surface area contributed by atoms with Crippen LogP contribution in [0.25, 0.3) is 10.9 Å². The van der Waals surface area contributed by atoms with Crippen molar-refractivity contribution in [1.82, 2.24) is 30.5 Å². The Labute approximate surface area is 159 Å². The monoisotopic (exact) mass is 388 g/mol. The lowest BCUT2D eigenvalue weighted by atomic mass is 10.1. The number of benzene rings is 1. The van der Waals surface area contributed by atoms with E-state index < -0.39 is 12.0 Å². The molecule has 0 aliphatic carbocycles. The van der Waals surface area contributed by atoms with Gasteiger partial charge in [-0.25, -0.2) is 9.48 Å². The minimum Gasteiger partial charge on any atom is -0.480 e. The summed E-state index contributed by atoms with van der Waals surface area (Å²) in [5.74, 6) is -1.43. The van der Waals surface area contributed by atoms with Gasteiger partial charge in [0.05, 0.1) is 11.8 Å². The number of fused-ring (bicyclic) bond motifs is 1. The first-order chi connectivity index (χ1) is 13.0. The Hall–Kier alpha value is -2.88. The lowest BCUT2D eigenvalue weighted by molar-refractivity contribution is -0.141. The standard InChI is InChI=1S/C17H20N6O3S/c1-10(2)23-17(20-21-22-23)27-9-15(24)19-14(16(25)26)7-11-8-18-13-6-4-3-5-12(11)13/h3-6,8,10,14,18H,7,9H2,1-2H3,(H,19,24)(H,25,26)/t14-/m1/s1. The van der Waals surface area contributed by atoms with E-state index in [4.69, 9.17) is 0 Å². The van der Waals surface area contributed by atoms with E-state index in [1.807, 2.05) is 38.1 Å². The SMILES string of the molecule is CC(C)n1nnnc1SCC(=O)N[C@H](Cc1c[nH]c2ccccc12)C(=O)O. The van der Waals surface area contributed by atoms with E-state index in [0.29, 0.717) is 5.16 Å². The second kappa shape index (κ2) is 8.21. The van der Waals surface area contributed by atoms with Crippen LogP contribution < -0.4 is 5.32 Å². The number of rotatable bonds is 8. The van der Waals surface area contributed by atoms with Crippen molar-refractivity contribution in [2.24, 2.45) is 0 Å².